The van der Waals surface area contributed by atoms with Crippen LogP contribution in [-0.4, -0.2) is 51.6 Å². The maximum atomic E-state index is 17.2. The van der Waals surface area contributed by atoms with E-state index in [4.69, 9.17) is 0 Å². The van der Waals surface area contributed by atoms with E-state index >= 15 is 8.78 Å². The van der Waals surface area contributed by atoms with Crippen molar-refractivity contribution in [2.45, 2.75) is 208 Å². The number of nitrogens with zero attached hydrogens (tertiary/aromatic N) is 1. The summed E-state index contributed by atoms with van der Waals surface area (Å²) >= 11 is 0. The maximum Gasteiger partial charge on any atom is 0.155 e. The molecule has 14 atom stereocenters. The average Bonchev–Trinajstić information content (AvgIpc) is 3.78. The summed E-state index contributed by atoms with van der Waals surface area (Å²) in [5, 5.41) is 28.9. The van der Waals surface area contributed by atoms with Gasteiger partial charge in [0.15, 0.2) is 11.6 Å². The van der Waals surface area contributed by atoms with Gasteiger partial charge in [0, 0.05) is 53.1 Å². The first-order chi connectivity index (χ1) is 35.2. The number of allylic oxidation sites excluding steroid dienone is 2. The van der Waals surface area contributed by atoms with Crippen molar-refractivity contribution in [2.24, 2.45) is 69.0 Å². The molecule has 0 aromatic heterocycles. The fourth-order valence-electron chi connectivity index (χ4n) is 17.6. The Morgan fingerprint density at radius 2 is 1.16 bits per heavy atom. The largest absolute Gasteiger partial charge is 0.381 e. The van der Waals surface area contributed by atoms with Crippen LogP contribution in [0.25, 0.3) is 0 Å². The Balaban J connectivity index is 0.907. The van der Waals surface area contributed by atoms with Gasteiger partial charge in [-0.2, -0.15) is 0 Å². The molecule has 0 amide bonds. The molecule has 2 aromatic carbocycles. The van der Waals surface area contributed by atoms with Gasteiger partial charge in [-0.25, -0.2) is 8.78 Å². The number of carbonyl (C=O) groups excluding carboxylic acids is 2. The summed E-state index contributed by atoms with van der Waals surface area (Å²) in [6.45, 7) is 23.9. The van der Waals surface area contributed by atoms with E-state index < -0.39 is 27.4 Å². The SMILES string of the molecule is CC(C)Nc1ccc([C@H]2C[C@@]3(C)[C@@H](CC[C@@]3(O)C#CC(C)(C)CCN(c3ccc([C@H]4C[C@@]5(C)[C@@H](CC[C@@]5(O)C#CC(C)(C)C)[C@@H]5CCC6=CC(=O)CC[C@@H]6[C@H]54)cc3F)C(C)C)[C@@H]3CCC4=CC(=O)CC[C@@H]4[C@H]32)cc1F. The van der Waals surface area contributed by atoms with E-state index in [0.29, 0.717) is 74.2 Å². The molecule has 3 N–H and O–H groups in total. The number of fused-ring (bicyclic) bond motifs is 10. The van der Waals surface area contributed by atoms with Crippen LogP contribution in [0.15, 0.2) is 59.7 Å². The highest BCUT2D eigenvalue weighted by Gasteiger charge is 2.66. The van der Waals surface area contributed by atoms with E-state index in [9.17, 15) is 19.8 Å². The van der Waals surface area contributed by atoms with Gasteiger partial charge >= 0.3 is 0 Å². The third-order valence-electron chi connectivity index (χ3n) is 21.3. The number of halogens is 2. The zero-order valence-electron chi connectivity index (χ0n) is 47.3. The van der Waals surface area contributed by atoms with Gasteiger partial charge in [0.25, 0.3) is 0 Å². The van der Waals surface area contributed by atoms with Crippen molar-refractivity contribution in [3.8, 4) is 23.7 Å². The Kier molecular flexibility index (Phi) is 14.1. The van der Waals surface area contributed by atoms with Crippen molar-refractivity contribution in [1.82, 2.24) is 0 Å². The van der Waals surface area contributed by atoms with E-state index in [1.165, 1.54) is 11.1 Å². The second kappa shape index (κ2) is 19.6. The fraction of sp³-hybridized carbons (Fsp3) is 0.672. The summed E-state index contributed by atoms with van der Waals surface area (Å²) in [4.78, 5) is 27.6. The number of hydrogen-bond donors (Lipinski definition) is 3. The molecule has 10 rings (SSSR count). The number of benzene rings is 2. The Morgan fingerprint density at radius 1 is 0.667 bits per heavy atom. The van der Waals surface area contributed by atoms with Crippen molar-refractivity contribution < 1.29 is 28.6 Å². The molecule has 0 radical (unpaired) electrons. The van der Waals surface area contributed by atoms with Gasteiger partial charge in [-0.1, -0.05) is 60.8 Å². The normalized spacial score (nSPS) is 37.1. The molecule has 0 unspecified atom stereocenters. The minimum absolute atomic E-state index is 0.00698. The summed E-state index contributed by atoms with van der Waals surface area (Å²) in [7, 11) is 0. The van der Waals surface area contributed by atoms with Gasteiger partial charge in [-0.05, 0) is 253 Å². The Bertz CT molecular complexity index is 2780. The lowest BCUT2D eigenvalue weighted by Crippen LogP contribution is -2.54. The van der Waals surface area contributed by atoms with Crippen LogP contribution < -0.4 is 10.2 Å². The predicted octanol–water partition coefficient (Wildman–Crippen LogP) is 14.3. The monoisotopic (exact) mass is 1020 g/mol. The highest BCUT2D eigenvalue weighted by Crippen LogP contribution is 2.70. The molecular weight excluding hydrogens is 935 g/mol. The minimum atomic E-state index is -1.24. The first-order valence-electron chi connectivity index (χ1n) is 29.4. The van der Waals surface area contributed by atoms with Crippen LogP contribution in [0, 0.1) is 104 Å². The van der Waals surface area contributed by atoms with Crippen LogP contribution in [0.2, 0.25) is 0 Å². The molecule has 0 aliphatic heterocycles. The number of rotatable bonds is 9. The average molecular weight is 1020 g/mol. The Morgan fingerprint density at radius 3 is 1.63 bits per heavy atom. The first-order valence-corrected chi connectivity index (χ1v) is 29.4. The summed E-state index contributed by atoms with van der Waals surface area (Å²) in [5.74, 6) is 16.4. The molecule has 8 aliphatic rings. The molecule has 8 aliphatic carbocycles. The summed E-state index contributed by atoms with van der Waals surface area (Å²) < 4.78 is 33.2. The number of ketones is 2. The van der Waals surface area contributed by atoms with Gasteiger partial charge in [0.05, 0.1) is 11.4 Å². The third-order valence-corrected chi connectivity index (χ3v) is 21.3. The molecule has 404 valence electrons. The molecule has 0 saturated heterocycles. The number of hydrogen-bond acceptors (Lipinski definition) is 6. The maximum absolute atomic E-state index is 17.2. The zero-order chi connectivity index (χ0) is 53.8. The second-order valence-electron chi connectivity index (χ2n) is 28.1. The smallest absolute Gasteiger partial charge is 0.155 e. The first kappa shape index (κ1) is 54.1. The number of aliphatic hydroxyl groups is 2. The van der Waals surface area contributed by atoms with E-state index in [0.717, 1.165) is 68.9 Å². The lowest BCUT2D eigenvalue weighted by molar-refractivity contribution is -0.118. The zero-order valence-corrected chi connectivity index (χ0v) is 47.3. The second-order valence-corrected chi connectivity index (χ2v) is 28.1. The van der Waals surface area contributed by atoms with Crippen molar-refractivity contribution in [3.63, 3.8) is 0 Å². The number of carbonyl (C=O) groups is 2. The quantitative estimate of drug-likeness (QED) is 0.217. The van der Waals surface area contributed by atoms with Gasteiger partial charge in [-0.15, -0.1) is 0 Å². The fourth-order valence-corrected chi connectivity index (χ4v) is 17.6. The topological polar surface area (TPSA) is 89.9 Å². The molecule has 6 nitrogen and oxygen atoms in total. The van der Waals surface area contributed by atoms with Gasteiger partial charge in [-0.3, -0.25) is 9.59 Å². The molecule has 6 saturated carbocycles. The molecule has 0 spiro atoms. The lowest BCUT2D eigenvalue weighted by atomic mass is 9.46. The highest BCUT2D eigenvalue weighted by molar-refractivity contribution is 5.92. The molecule has 2 aromatic rings. The van der Waals surface area contributed by atoms with Gasteiger partial charge < -0.3 is 20.4 Å². The van der Waals surface area contributed by atoms with E-state index in [-0.39, 0.29) is 82.1 Å². The van der Waals surface area contributed by atoms with Crippen LogP contribution >= 0.6 is 0 Å². The Labute approximate surface area is 449 Å². The molecular formula is C67H88F2N2O4. The van der Waals surface area contributed by atoms with E-state index in [2.05, 4.69) is 108 Å². The summed E-state index contributed by atoms with van der Waals surface area (Å²) in [6, 6.07) is 11.7. The number of anilines is 2. The van der Waals surface area contributed by atoms with E-state index in [1.54, 1.807) is 12.1 Å². The predicted molar refractivity (Wildman–Crippen MR) is 298 cm³/mol. The Hall–Kier alpha value is -4.24. The van der Waals surface area contributed by atoms with Gasteiger partial charge in [0.2, 0.25) is 0 Å². The third kappa shape index (κ3) is 9.70. The minimum Gasteiger partial charge on any atom is -0.381 e. The van der Waals surface area contributed by atoms with Crippen molar-refractivity contribution in [2.75, 3.05) is 16.8 Å². The molecule has 6 fully saturated rings. The molecule has 8 heteroatoms. The van der Waals surface area contributed by atoms with Crippen LogP contribution in [0.3, 0.4) is 0 Å². The van der Waals surface area contributed by atoms with Crippen LogP contribution in [0.5, 0.6) is 0 Å². The van der Waals surface area contributed by atoms with Crippen LogP contribution in [-0.2, 0) is 9.59 Å². The summed E-state index contributed by atoms with van der Waals surface area (Å²) in [6.07, 6.45) is 15.5. The summed E-state index contributed by atoms with van der Waals surface area (Å²) in [5.41, 5.74) is 1.48. The molecule has 0 heterocycles. The van der Waals surface area contributed by atoms with Crippen LogP contribution in [0.4, 0.5) is 20.2 Å². The van der Waals surface area contributed by atoms with Crippen LogP contribution in [0.1, 0.15) is 195 Å². The van der Waals surface area contributed by atoms with Crippen molar-refractivity contribution in [1.29, 1.82) is 0 Å². The van der Waals surface area contributed by atoms with E-state index in [1.807, 2.05) is 38.1 Å². The highest BCUT2D eigenvalue weighted by atomic mass is 19.1. The number of nitrogens with one attached hydrogen (secondary N) is 1. The van der Waals surface area contributed by atoms with Gasteiger partial charge in [0.1, 0.15) is 22.8 Å². The van der Waals surface area contributed by atoms with Crippen molar-refractivity contribution >= 4 is 22.9 Å². The van der Waals surface area contributed by atoms with Crippen molar-refractivity contribution in [3.05, 3.63) is 82.5 Å². The molecule has 75 heavy (non-hydrogen) atoms. The standard InChI is InChI=1S/C67H88F2N2O4/c1-40(2)70-58-22-14-44(36-56(58)68)52-38-65(11)55(51-19-13-42-34-46(72)16-20-48(42)60(51)52)25-27-67(65,75)31-29-63(8,9)32-33-71(41(3)4)59-23-15-45(37-57(59)69)53-39-64(10)54(24-26-66(64,74)30-28-62(5,6)7)50-18-12-43-35-47(73)17-21-49(43)61(50)53/h14-15,22-23,34-37,40-41,48-55,60-61,70,74-75H,12-13,16-21,24-27,32-33,38-39H2,1-11H3/t48-,49-,50-,51-,52+,53+,54-,55-,60+,61+,64-,65-,66+,67+/m0/s1. The lowest BCUT2D eigenvalue weighted by Gasteiger charge is -2.58. The molecule has 0 bridgehead atoms.